The van der Waals surface area contributed by atoms with E-state index >= 15 is 0 Å². The number of carbonyl (C=O) groups excluding carboxylic acids is 1. The number of rotatable bonds is 3. The lowest BCUT2D eigenvalue weighted by Gasteiger charge is -2.34. The van der Waals surface area contributed by atoms with Crippen LogP contribution in [0.1, 0.15) is 11.1 Å². The summed E-state index contributed by atoms with van der Waals surface area (Å²) in [6, 6.07) is 14.0. The number of piperazine rings is 1. The van der Waals surface area contributed by atoms with E-state index in [0.29, 0.717) is 11.4 Å². The van der Waals surface area contributed by atoms with E-state index in [1.54, 1.807) is 11.3 Å². The minimum absolute atomic E-state index is 0.197. The molecule has 6 heteroatoms. The number of carbonyl (C=O) groups is 1. The average Bonchev–Trinajstić information content (AvgIpc) is 3.08. The summed E-state index contributed by atoms with van der Waals surface area (Å²) in [4.78, 5) is 21.5. The molecule has 1 fully saturated rings. The zero-order valence-electron chi connectivity index (χ0n) is 14.6. The van der Waals surface area contributed by atoms with E-state index in [9.17, 15) is 4.79 Å². The Balaban J connectivity index is 1.40. The Hall–Kier alpha value is -2.11. The normalized spacial score (nSPS) is 14.8. The first-order valence-corrected chi connectivity index (χ1v) is 9.93. The quantitative estimate of drug-likeness (QED) is 0.679. The number of halogens is 1. The molecule has 2 aromatic carbocycles. The summed E-state index contributed by atoms with van der Waals surface area (Å²) in [5.41, 5.74) is 3.14. The number of fused-ring (bicyclic) bond motifs is 1. The second-order valence-corrected chi connectivity index (χ2v) is 8.03. The van der Waals surface area contributed by atoms with Gasteiger partial charge in [0, 0.05) is 26.2 Å². The molecule has 1 saturated heterocycles. The minimum atomic E-state index is 0.197. The number of aromatic nitrogens is 1. The Bertz CT molecular complexity index is 947. The van der Waals surface area contributed by atoms with Crippen molar-refractivity contribution in [1.82, 2.24) is 9.88 Å². The molecule has 134 valence electrons. The van der Waals surface area contributed by atoms with Crippen LogP contribution in [-0.2, 0) is 11.2 Å². The number of nitrogens with zero attached hydrogens (tertiary/aromatic N) is 3. The van der Waals surface area contributed by atoms with Gasteiger partial charge in [-0.05, 0) is 24.6 Å². The van der Waals surface area contributed by atoms with Gasteiger partial charge in [0.1, 0.15) is 5.52 Å². The summed E-state index contributed by atoms with van der Waals surface area (Å²) in [5, 5.41) is 1.68. The van der Waals surface area contributed by atoms with E-state index in [4.69, 9.17) is 16.6 Å². The number of thiazole rings is 1. The van der Waals surface area contributed by atoms with Crippen LogP contribution >= 0.6 is 22.9 Å². The SMILES string of the molecule is Cc1cccc(CC(=O)N2CCN(c3nc4c(Cl)cccc4s3)CC2)c1. The minimum Gasteiger partial charge on any atom is -0.345 e. The molecule has 0 spiro atoms. The van der Waals surface area contributed by atoms with Gasteiger partial charge < -0.3 is 9.80 Å². The molecule has 1 aliphatic heterocycles. The Morgan fingerprint density at radius 1 is 1.15 bits per heavy atom. The summed E-state index contributed by atoms with van der Waals surface area (Å²) in [5.74, 6) is 0.197. The van der Waals surface area contributed by atoms with Crippen LogP contribution < -0.4 is 4.90 Å². The van der Waals surface area contributed by atoms with Crippen LogP contribution in [0.3, 0.4) is 0 Å². The van der Waals surface area contributed by atoms with Crippen molar-refractivity contribution in [2.24, 2.45) is 0 Å². The van der Waals surface area contributed by atoms with Crippen molar-refractivity contribution < 1.29 is 4.79 Å². The van der Waals surface area contributed by atoms with Crippen molar-refractivity contribution in [2.45, 2.75) is 13.3 Å². The van der Waals surface area contributed by atoms with E-state index in [2.05, 4.69) is 24.0 Å². The topological polar surface area (TPSA) is 36.4 Å². The molecule has 0 unspecified atom stereocenters. The third-order valence-corrected chi connectivity index (χ3v) is 6.09. The maximum absolute atomic E-state index is 12.6. The first-order chi connectivity index (χ1) is 12.6. The van der Waals surface area contributed by atoms with E-state index in [-0.39, 0.29) is 5.91 Å². The molecule has 0 saturated carbocycles. The van der Waals surface area contributed by atoms with E-state index in [1.165, 1.54) is 5.56 Å². The van der Waals surface area contributed by atoms with E-state index in [1.807, 2.05) is 35.2 Å². The number of aryl methyl sites for hydroxylation is 1. The number of benzene rings is 2. The molecule has 4 nitrogen and oxygen atoms in total. The van der Waals surface area contributed by atoms with Crippen molar-refractivity contribution >= 4 is 44.2 Å². The highest BCUT2D eigenvalue weighted by molar-refractivity contribution is 7.22. The molecular weight excluding hydrogens is 366 g/mol. The van der Waals surface area contributed by atoms with Crippen LogP contribution in [0.25, 0.3) is 10.2 Å². The largest absolute Gasteiger partial charge is 0.345 e. The molecule has 26 heavy (non-hydrogen) atoms. The predicted octanol–water partition coefficient (Wildman–Crippen LogP) is 4.15. The zero-order valence-corrected chi connectivity index (χ0v) is 16.2. The lowest BCUT2D eigenvalue weighted by Crippen LogP contribution is -2.49. The smallest absolute Gasteiger partial charge is 0.227 e. The summed E-state index contributed by atoms with van der Waals surface area (Å²) >= 11 is 7.89. The lowest BCUT2D eigenvalue weighted by molar-refractivity contribution is -0.130. The van der Waals surface area contributed by atoms with Crippen LogP contribution in [0.15, 0.2) is 42.5 Å². The Morgan fingerprint density at radius 3 is 2.65 bits per heavy atom. The van der Waals surface area contributed by atoms with Crippen LogP contribution in [0.2, 0.25) is 5.02 Å². The second kappa shape index (κ2) is 7.25. The second-order valence-electron chi connectivity index (χ2n) is 6.62. The van der Waals surface area contributed by atoms with Crippen LogP contribution in [-0.4, -0.2) is 42.0 Å². The molecule has 1 aliphatic rings. The van der Waals surface area contributed by atoms with Crippen LogP contribution in [0.5, 0.6) is 0 Å². The molecule has 0 aliphatic carbocycles. The van der Waals surface area contributed by atoms with Gasteiger partial charge in [0.2, 0.25) is 5.91 Å². The first-order valence-electron chi connectivity index (χ1n) is 8.73. The van der Waals surface area contributed by atoms with Crippen molar-refractivity contribution in [2.75, 3.05) is 31.1 Å². The van der Waals surface area contributed by atoms with Gasteiger partial charge in [-0.2, -0.15) is 0 Å². The summed E-state index contributed by atoms with van der Waals surface area (Å²) in [6.07, 6.45) is 0.471. The standard InChI is InChI=1S/C20H20ClN3OS/c1-14-4-2-5-15(12-14)13-18(25)23-8-10-24(11-9-23)20-22-19-16(21)6-3-7-17(19)26-20/h2-7,12H,8-11,13H2,1H3. The van der Waals surface area contributed by atoms with Crippen molar-refractivity contribution in [3.05, 3.63) is 58.6 Å². The highest BCUT2D eigenvalue weighted by Crippen LogP contribution is 2.33. The summed E-state index contributed by atoms with van der Waals surface area (Å²) < 4.78 is 1.10. The molecule has 1 aromatic heterocycles. The molecule has 0 radical (unpaired) electrons. The van der Waals surface area contributed by atoms with E-state index in [0.717, 1.165) is 47.1 Å². The average molecular weight is 386 g/mol. The molecule has 3 aromatic rings. The van der Waals surface area contributed by atoms with Crippen molar-refractivity contribution in [3.8, 4) is 0 Å². The molecule has 1 amide bonds. The molecule has 4 rings (SSSR count). The number of hydrogen-bond acceptors (Lipinski definition) is 4. The van der Waals surface area contributed by atoms with Crippen molar-refractivity contribution in [3.63, 3.8) is 0 Å². The van der Waals surface area contributed by atoms with Gasteiger partial charge in [0.25, 0.3) is 0 Å². The molecular formula is C20H20ClN3OS. The highest BCUT2D eigenvalue weighted by Gasteiger charge is 2.23. The van der Waals surface area contributed by atoms with Gasteiger partial charge in [0.05, 0.1) is 16.1 Å². The van der Waals surface area contributed by atoms with Gasteiger partial charge in [-0.25, -0.2) is 4.98 Å². The number of hydrogen-bond donors (Lipinski definition) is 0. The fourth-order valence-corrected chi connectivity index (χ4v) is 4.61. The monoisotopic (exact) mass is 385 g/mol. The fraction of sp³-hybridized carbons (Fsp3) is 0.300. The van der Waals surface area contributed by atoms with Crippen molar-refractivity contribution in [1.29, 1.82) is 0 Å². The van der Waals surface area contributed by atoms with Crippen LogP contribution in [0.4, 0.5) is 5.13 Å². The number of anilines is 1. The lowest BCUT2D eigenvalue weighted by atomic mass is 10.1. The zero-order chi connectivity index (χ0) is 18.1. The van der Waals surface area contributed by atoms with Gasteiger partial charge in [-0.15, -0.1) is 0 Å². The Labute approximate surface area is 162 Å². The summed E-state index contributed by atoms with van der Waals surface area (Å²) in [7, 11) is 0. The van der Waals surface area contributed by atoms with E-state index < -0.39 is 0 Å². The maximum Gasteiger partial charge on any atom is 0.227 e. The third kappa shape index (κ3) is 3.55. The first kappa shape index (κ1) is 17.3. The number of para-hydroxylation sites is 1. The third-order valence-electron chi connectivity index (χ3n) is 4.70. The fourth-order valence-electron chi connectivity index (χ4n) is 3.29. The molecule has 2 heterocycles. The predicted molar refractivity (Wildman–Crippen MR) is 108 cm³/mol. The maximum atomic E-state index is 12.6. The van der Waals surface area contributed by atoms with Gasteiger partial charge in [0.15, 0.2) is 5.13 Å². The van der Waals surface area contributed by atoms with Gasteiger partial charge in [-0.3, -0.25) is 4.79 Å². The Kier molecular flexibility index (Phi) is 4.83. The highest BCUT2D eigenvalue weighted by atomic mass is 35.5. The van der Waals surface area contributed by atoms with Crippen LogP contribution in [0, 0.1) is 6.92 Å². The van der Waals surface area contributed by atoms with Gasteiger partial charge >= 0.3 is 0 Å². The summed E-state index contributed by atoms with van der Waals surface area (Å²) in [6.45, 7) is 5.12. The molecule has 0 bridgehead atoms. The molecule has 0 N–H and O–H groups in total. The number of amides is 1. The van der Waals surface area contributed by atoms with Gasteiger partial charge in [-0.1, -0.05) is 58.8 Å². The molecule has 0 atom stereocenters. The Morgan fingerprint density at radius 2 is 1.92 bits per heavy atom.